The Morgan fingerprint density at radius 2 is 0.519 bits per heavy atom. The van der Waals surface area contributed by atoms with Crippen molar-refractivity contribution in [2.45, 2.75) is 445 Å². The zero-order valence-electron chi connectivity index (χ0n) is 67.8. The second-order valence-electron chi connectivity index (χ2n) is 30.8. The van der Waals surface area contributed by atoms with Gasteiger partial charge >= 0.3 is 39.5 Å². The predicted molar refractivity (Wildman–Crippen MR) is 427 cm³/mol. The maximum Gasteiger partial charge on any atom is 0.472 e. The van der Waals surface area contributed by atoms with E-state index >= 15 is 0 Å². The molecule has 3 N–H and O–H groups in total. The molecule has 0 aromatic carbocycles. The monoisotopic (exact) mass is 1520 g/mol. The molecule has 17 nitrogen and oxygen atoms in total. The molecule has 0 bridgehead atoms. The summed E-state index contributed by atoms with van der Waals surface area (Å²) < 4.78 is 68.8. The van der Waals surface area contributed by atoms with E-state index in [0.717, 1.165) is 121 Å². The number of hydrogen-bond donors (Lipinski definition) is 3. The first-order valence-corrected chi connectivity index (χ1v) is 46.3. The number of hydrogen-bond acceptors (Lipinski definition) is 15. The van der Waals surface area contributed by atoms with Crippen LogP contribution in [0.15, 0.2) is 24.3 Å². The molecule has 0 aliphatic rings. The molecule has 0 rings (SSSR count). The number of esters is 4. The number of ether oxygens (including phenoxy) is 4. The highest BCUT2D eigenvalue weighted by molar-refractivity contribution is 7.47. The van der Waals surface area contributed by atoms with Crippen LogP contribution in [0.3, 0.4) is 0 Å². The number of unbranched alkanes of at least 4 members (excludes halogenated alkanes) is 49. The van der Waals surface area contributed by atoms with Crippen molar-refractivity contribution in [1.29, 1.82) is 0 Å². The van der Waals surface area contributed by atoms with Crippen molar-refractivity contribution < 1.29 is 80.2 Å². The lowest BCUT2D eigenvalue weighted by molar-refractivity contribution is -0.161. The summed E-state index contributed by atoms with van der Waals surface area (Å²) in [5.74, 6) is -0.538. The lowest BCUT2D eigenvalue weighted by atomic mass is 10.0. The zero-order valence-corrected chi connectivity index (χ0v) is 69.6. The first-order valence-electron chi connectivity index (χ1n) is 43.3. The Morgan fingerprint density at radius 3 is 0.788 bits per heavy atom. The van der Waals surface area contributed by atoms with Crippen molar-refractivity contribution in [3.63, 3.8) is 0 Å². The van der Waals surface area contributed by atoms with Crippen LogP contribution in [0.1, 0.15) is 427 Å². The molecule has 0 aliphatic carbocycles. The summed E-state index contributed by atoms with van der Waals surface area (Å²) in [5, 5.41) is 10.7. The molecule has 0 fully saturated rings. The Labute approximate surface area is 637 Å². The fourth-order valence-corrected chi connectivity index (χ4v) is 14.3. The number of aliphatic hydroxyl groups excluding tert-OH is 1. The van der Waals surface area contributed by atoms with Crippen molar-refractivity contribution in [2.75, 3.05) is 39.6 Å². The second-order valence-corrected chi connectivity index (χ2v) is 33.7. The minimum atomic E-state index is -4.97. The van der Waals surface area contributed by atoms with Gasteiger partial charge in [-0.15, -0.1) is 0 Å². The zero-order chi connectivity index (χ0) is 76.4. The van der Waals surface area contributed by atoms with Gasteiger partial charge in [-0.3, -0.25) is 37.3 Å². The first-order chi connectivity index (χ1) is 50.4. The molecule has 2 unspecified atom stereocenters. The molecule has 614 valence electrons. The summed E-state index contributed by atoms with van der Waals surface area (Å²) in [6, 6.07) is 0. The molecule has 0 amide bonds. The molecule has 5 atom stereocenters. The summed E-state index contributed by atoms with van der Waals surface area (Å²) >= 11 is 0. The average molecular weight is 1520 g/mol. The number of allylic oxidation sites excluding steroid dienone is 4. The van der Waals surface area contributed by atoms with Crippen LogP contribution in [-0.4, -0.2) is 96.7 Å². The van der Waals surface area contributed by atoms with E-state index in [2.05, 4.69) is 65.8 Å². The topological polar surface area (TPSA) is 237 Å². The van der Waals surface area contributed by atoms with Crippen LogP contribution >= 0.6 is 15.6 Å². The molecule has 0 heterocycles. The Bertz CT molecular complexity index is 2090. The molecule has 0 aromatic heterocycles. The molecule has 0 aromatic rings. The van der Waals surface area contributed by atoms with Crippen LogP contribution in [0.4, 0.5) is 0 Å². The van der Waals surface area contributed by atoms with Gasteiger partial charge < -0.3 is 33.8 Å². The van der Waals surface area contributed by atoms with Gasteiger partial charge in [-0.05, 0) is 63.2 Å². The van der Waals surface area contributed by atoms with Crippen molar-refractivity contribution in [3.05, 3.63) is 24.3 Å². The maximum atomic E-state index is 13.1. The lowest BCUT2D eigenvalue weighted by Crippen LogP contribution is -2.30. The number of carbonyl (C=O) groups is 4. The van der Waals surface area contributed by atoms with Gasteiger partial charge in [0, 0.05) is 25.7 Å². The van der Waals surface area contributed by atoms with E-state index in [4.69, 9.17) is 37.0 Å². The van der Waals surface area contributed by atoms with Gasteiger partial charge in [-0.2, -0.15) is 0 Å². The highest BCUT2D eigenvalue weighted by atomic mass is 31.2. The standard InChI is InChI=1S/C85H162O17P2/c1-7-9-11-13-15-17-19-21-26-31-38-44-50-56-62-68-83(88)96-74-80(101-84(89)69-63-57-51-45-39-32-28-25-23-22-24-27-30-35-41-47-53-59-65-77(3)4)75-99-103(91,92)97-71-79(86)72-98-104(93,94)100-76-81(73-95-82(87)67-61-55-49-43-37-29-20-18-16-14-12-10-8-2)102-85(90)70-64-58-52-46-40-34-33-36-42-48-54-60-66-78(5)6/h17,19,21,26,77-81,86H,7-16,18,20,22-25,27-76H2,1-6H3,(H,91,92)(H,93,94)/b19-17-,26-21-/t79-,80-,81-/m1/s1. The van der Waals surface area contributed by atoms with E-state index in [0.29, 0.717) is 25.7 Å². The third-order valence-corrected chi connectivity index (χ3v) is 21.2. The van der Waals surface area contributed by atoms with Crippen molar-refractivity contribution in [3.8, 4) is 0 Å². The van der Waals surface area contributed by atoms with Crippen LogP contribution in [0.25, 0.3) is 0 Å². The second kappa shape index (κ2) is 75.9. The van der Waals surface area contributed by atoms with Gasteiger partial charge in [0.05, 0.1) is 26.4 Å². The van der Waals surface area contributed by atoms with Crippen LogP contribution in [0, 0.1) is 11.8 Å². The lowest BCUT2D eigenvalue weighted by Gasteiger charge is -2.21. The highest BCUT2D eigenvalue weighted by Crippen LogP contribution is 2.45. The summed E-state index contributed by atoms with van der Waals surface area (Å²) in [7, 11) is -9.94. The SMILES string of the molecule is CCCCCC/C=C\C=C/CCCCCCCC(=O)OC[C@H](COP(=O)(O)OC[C@@H](O)COP(=O)(O)OC[C@@H](COC(=O)CCCCCCCCCCCCCCC)OC(=O)CCCCCCCCCCCCCCC(C)C)OC(=O)CCCCCCCCCCCCCCCCCCCCC(C)C. The van der Waals surface area contributed by atoms with Crippen LogP contribution in [-0.2, 0) is 65.4 Å². The molecule has 0 aliphatic heterocycles. The number of phosphoric acid groups is 2. The number of aliphatic hydroxyl groups is 1. The van der Waals surface area contributed by atoms with Crippen LogP contribution in [0.2, 0.25) is 0 Å². The molecule has 0 saturated carbocycles. The molecule has 104 heavy (non-hydrogen) atoms. The Balaban J connectivity index is 5.28. The predicted octanol–water partition coefficient (Wildman–Crippen LogP) is 25.4. The summed E-state index contributed by atoms with van der Waals surface area (Å²) in [4.78, 5) is 73.2. The summed E-state index contributed by atoms with van der Waals surface area (Å²) in [6.45, 7) is 9.64. The van der Waals surface area contributed by atoms with Gasteiger partial charge in [-0.25, -0.2) is 9.13 Å². The van der Waals surface area contributed by atoms with E-state index in [9.17, 15) is 43.2 Å². The minimum Gasteiger partial charge on any atom is -0.462 e. The molecular formula is C85H162O17P2. The Kier molecular flexibility index (Phi) is 74.1. The maximum absolute atomic E-state index is 13.1. The van der Waals surface area contributed by atoms with E-state index in [-0.39, 0.29) is 25.7 Å². The van der Waals surface area contributed by atoms with Crippen molar-refractivity contribution >= 4 is 39.5 Å². The minimum absolute atomic E-state index is 0.102. The summed E-state index contributed by atoms with van der Waals surface area (Å²) in [6.07, 6.45) is 70.1. The molecular weight excluding hydrogens is 1350 g/mol. The normalized spacial score (nSPS) is 14.0. The van der Waals surface area contributed by atoms with E-state index < -0.39 is 97.5 Å². The fourth-order valence-electron chi connectivity index (χ4n) is 12.7. The molecule has 0 spiro atoms. The van der Waals surface area contributed by atoms with E-state index in [1.165, 1.54) is 225 Å². The number of rotatable bonds is 82. The Morgan fingerprint density at radius 1 is 0.298 bits per heavy atom. The molecule has 19 heteroatoms. The third-order valence-electron chi connectivity index (χ3n) is 19.3. The van der Waals surface area contributed by atoms with Crippen LogP contribution < -0.4 is 0 Å². The third kappa shape index (κ3) is 77.7. The van der Waals surface area contributed by atoms with E-state index in [1.54, 1.807) is 0 Å². The molecule has 0 radical (unpaired) electrons. The van der Waals surface area contributed by atoms with E-state index in [1.807, 2.05) is 0 Å². The fraction of sp³-hybridized carbons (Fsp3) is 0.906. The van der Waals surface area contributed by atoms with Gasteiger partial charge in [0.1, 0.15) is 19.3 Å². The van der Waals surface area contributed by atoms with Crippen molar-refractivity contribution in [2.24, 2.45) is 11.8 Å². The number of phosphoric ester groups is 2. The largest absolute Gasteiger partial charge is 0.472 e. The smallest absolute Gasteiger partial charge is 0.462 e. The van der Waals surface area contributed by atoms with Crippen molar-refractivity contribution in [1.82, 2.24) is 0 Å². The van der Waals surface area contributed by atoms with Gasteiger partial charge in [0.15, 0.2) is 12.2 Å². The average Bonchev–Trinajstić information content (AvgIpc) is 0.905. The first kappa shape index (κ1) is 102. The van der Waals surface area contributed by atoms with Gasteiger partial charge in [-0.1, -0.05) is 374 Å². The van der Waals surface area contributed by atoms with Crippen LogP contribution in [0.5, 0.6) is 0 Å². The molecule has 0 saturated heterocycles. The Hall–Kier alpha value is -2.46. The van der Waals surface area contributed by atoms with Gasteiger partial charge in [0.25, 0.3) is 0 Å². The van der Waals surface area contributed by atoms with Gasteiger partial charge in [0.2, 0.25) is 0 Å². The highest BCUT2D eigenvalue weighted by Gasteiger charge is 2.30. The quantitative estimate of drug-likeness (QED) is 0.0169. The summed E-state index contributed by atoms with van der Waals surface area (Å²) in [5.41, 5.74) is 0. The number of carbonyl (C=O) groups excluding carboxylic acids is 4.